The van der Waals surface area contributed by atoms with Gasteiger partial charge < -0.3 is 10.4 Å². The Morgan fingerprint density at radius 2 is 2.05 bits per heavy atom. The van der Waals surface area contributed by atoms with E-state index in [1.807, 2.05) is 38.1 Å². The lowest BCUT2D eigenvalue weighted by atomic mass is 9.91. The highest BCUT2D eigenvalue weighted by Gasteiger charge is 2.22. The minimum absolute atomic E-state index is 0.700. The second-order valence-corrected chi connectivity index (χ2v) is 5.24. The van der Waals surface area contributed by atoms with E-state index < -0.39 is 5.60 Å². The Hall–Kier alpha value is -1.45. The fourth-order valence-corrected chi connectivity index (χ4v) is 2.22. The molecule has 1 atom stereocenters. The van der Waals surface area contributed by atoms with E-state index in [-0.39, 0.29) is 0 Å². The van der Waals surface area contributed by atoms with Crippen LogP contribution in [0.15, 0.2) is 30.3 Å². The first-order valence-corrected chi connectivity index (χ1v) is 6.84. The van der Waals surface area contributed by atoms with E-state index in [1.54, 1.807) is 0 Å². The number of aromatic nitrogens is 1. The molecule has 1 aromatic carbocycles. The topological polar surface area (TPSA) is 45.1 Å². The van der Waals surface area contributed by atoms with Gasteiger partial charge in [-0.1, -0.05) is 19.1 Å². The van der Waals surface area contributed by atoms with Gasteiger partial charge >= 0.3 is 0 Å². The summed E-state index contributed by atoms with van der Waals surface area (Å²) in [5.41, 5.74) is 2.13. The standard InChI is InChI=1S/C16H22N2O/c1-4-17-10-9-16(3,19)14-7-8-15-13(11-14)6-5-12(2)18-15/h5-8,11,17,19H,4,9-10H2,1-3H3. The summed E-state index contributed by atoms with van der Waals surface area (Å²) < 4.78 is 0. The molecule has 102 valence electrons. The number of hydrogen-bond acceptors (Lipinski definition) is 3. The van der Waals surface area contributed by atoms with Gasteiger partial charge in [0.25, 0.3) is 0 Å². The molecule has 2 aromatic rings. The summed E-state index contributed by atoms with van der Waals surface area (Å²) in [5.74, 6) is 0. The van der Waals surface area contributed by atoms with Gasteiger partial charge in [0.2, 0.25) is 0 Å². The lowest BCUT2D eigenvalue weighted by Crippen LogP contribution is -2.27. The third-order valence-electron chi connectivity index (χ3n) is 3.49. The Morgan fingerprint density at radius 1 is 1.26 bits per heavy atom. The summed E-state index contributed by atoms with van der Waals surface area (Å²) >= 11 is 0. The first-order valence-electron chi connectivity index (χ1n) is 6.84. The van der Waals surface area contributed by atoms with E-state index in [0.717, 1.165) is 35.2 Å². The van der Waals surface area contributed by atoms with Crippen LogP contribution in [0.3, 0.4) is 0 Å². The van der Waals surface area contributed by atoms with Gasteiger partial charge in [-0.3, -0.25) is 4.98 Å². The van der Waals surface area contributed by atoms with Crippen molar-refractivity contribution in [3.63, 3.8) is 0 Å². The molecule has 3 nitrogen and oxygen atoms in total. The summed E-state index contributed by atoms with van der Waals surface area (Å²) in [5, 5.41) is 14.9. The molecule has 0 bridgehead atoms. The molecule has 0 aliphatic heterocycles. The predicted molar refractivity (Wildman–Crippen MR) is 79.2 cm³/mol. The number of rotatable bonds is 5. The van der Waals surface area contributed by atoms with E-state index in [2.05, 4.69) is 23.3 Å². The number of nitrogens with zero attached hydrogens (tertiary/aromatic N) is 1. The zero-order chi connectivity index (χ0) is 13.9. The maximum Gasteiger partial charge on any atom is 0.0880 e. The molecule has 0 radical (unpaired) electrons. The van der Waals surface area contributed by atoms with Crippen molar-refractivity contribution < 1.29 is 5.11 Å². The zero-order valence-electron chi connectivity index (χ0n) is 11.9. The number of hydrogen-bond donors (Lipinski definition) is 2. The van der Waals surface area contributed by atoms with Gasteiger partial charge in [-0.05, 0) is 57.1 Å². The van der Waals surface area contributed by atoms with Crippen molar-refractivity contribution in [3.8, 4) is 0 Å². The van der Waals surface area contributed by atoms with Gasteiger partial charge in [-0.2, -0.15) is 0 Å². The van der Waals surface area contributed by atoms with Crippen molar-refractivity contribution in [1.82, 2.24) is 10.3 Å². The largest absolute Gasteiger partial charge is 0.385 e. The molecule has 2 N–H and O–H groups in total. The Labute approximate surface area is 114 Å². The van der Waals surface area contributed by atoms with Crippen LogP contribution in [-0.2, 0) is 5.60 Å². The predicted octanol–water partition coefficient (Wildman–Crippen LogP) is 2.75. The van der Waals surface area contributed by atoms with E-state index in [1.165, 1.54) is 0 Å². The van der Waals surface area contributed by atoms with Gasteiger partial charge in [0.1, 0.15) is 0 Å². The number of nitrogens with one attached hydrogen (secondary N) is 1. The molecule has 0 saturated carbocycles. The minimum atomic E-state index is -0.804. The lowest BCUT2D eigenvalue weighted by molar-refractivity contribution is 0.0483. The molecule has 0 saturated heterocycles. The fraction of sp³-hybridized carbons (Fsp3) is 0.438. The first kappa shape index (κ1) is 14.0. The number of aliphatic hydroxyl groups is 1. The average Bonchev–Trinajstić information content (AvgIpc) is 2.38. The van der Waals surface area contributed by atoms with Crippen LogP contribution in [0.5, 0.6) is 0 Å². The molecule has 0 amide bonds. The van der Waals surface area contributed by atoms with Gasteiger partial charge in [0.05, 0.1) is 11.1 Å². The van der Waals surface area contributed by atoms with Gasteiger partial charge in [0, 0.05) is 11.1 Å². The maximum atomic E-state index is 10.6. The fourth-order valence-electron chi connectivity index (χ4n) is 2.22. The normalized spacial score (nSPS) is 14.5. The highest BCUT2D eigenvalue weighted by molar-refractivity contribution is 5.79. The summed E-state index contributed by atoms with van der Waals surface area (Å²) in [7, 11) is 0. The summed E-state index contributed by atoms with van der Waals surface area (Å²) in [6.07, 6.45) is 0.700. The monoisotopic (exact) mass is 258 g/mol. The highest BCUT2D eigenvalue weighted by Crippen LogP contribution is 2.26. The van der Waals surface area contributed by atoms with E-state index in [0.29, 0.717) is 6.42 Å². The Balaban J connectivity index is 2.26. The molecule has 0 spiro atoms. The summed E-state index contributed by atoms with van der Waals surface area (Å²) in [4.78, 5) is 4.48. The number of aryl methyl sites for hydroxylation is 1. The maximum absolute atomic E-state index is 10.6. The minimum Gasteiger partial charge on any atom is -0.385 e. The number of benzene rings is 1. The highest BCUT2D eigenvalue weighted by atomic mass is 16.3. The molecular weight excluding hydrogens is 236 g/mol. The van der Waals surface area contributed by atoms with E-state index in [9.17, 15) is 5.11 Å². The van der Waals surface area contributed by atoms with Crippen LogP contribution in [0, 0.1) is 6.92 Å². The molecule has 1 aromatic heterocycles. The third-order valence-corrected chi connectivity index (χ3v) is 3.49. The van der Waals surface area contributed by atoms with Crippen molar-refractivity contribution >= 4 is 10.9 Å². The molecule has 1 unspecified atom stereocenters. The molecular formula is C16H22N2O. The Kier molecular flexibility index (Phi) is 4.17. The first-order chi connectivity index (χ1) is 9.03. The van der Waals surface area contributed by atoms with Crippen LogP contribution in [0.25, 0.3) is 10.9 Å². The van der Waals surface area contributed by atoms with Gasteiger partial charge in [-0.15, -0.1) is 0 Å². The van der Waals surface area contributed by atoms with Crippen molar-refractivity contribution in [2.24, 2.45) is 0 Å². The second kappa shape index (κ2) is 5.68. The average molecular weight is 258 g/mol. The van der Waals surface area contributed by atoms with Crippen LogP contribution >= 0.6 is 0 Å². The number of pyridine rings is 1. The summed E-state index contributed by atoms with van der Waals surface area (Å²) in [6.45, 7) is 7.66. The molecule has 3 heteroatoms. The van der Waals surface area contributed by atoms with Crippen LogP contribution < -0.4 is 5.32 Å². The van der Waals surface area contributed by atoms with Gasteiger partial charge in [0.15, 0.2) is 0 Å². The number of fused-ring (bicyclic) bond motifs is 1. The van der Waals surface area contributed by atoms with Crippen LogP contribution in [0.4, 0.5) is 0 Å². The van der Waals surface area contributed by atoms with Gasteiger partial charge in [-0.25, -0.2) is 0 Å². The summed E-state index contributed by atoms with van der Waals surface area (Å²) in [6, 6.07) is 10.1. The molecule has 1 heterocycles. The molecule has 0 aliphatic carbocycles. The molecule has 19 heavy (non-hydrogen) atoms. The van der Waals surface area contributed by atoms with Crippen molar-refractivity contribution in [2.45, 2.75) is 32.8 Å². The lowest BCUT2D eigenvalue weighted by Gasteiger charge is -2.24. The third kappa shape index (κ3) is 3.31. The molecule has 0 aliphatic rings. The zero-order valence-corrected chi connectivity index (χ0v) is 11.9. The SMILES string of the molecule is CCNCCC(C)(O)c1ccc2nc(C)ccc2c1. The smallest absolute Gasteiger partial charge is 0.0880 e. The van der Waals surface area contributed by atoms with Crippen LogP contribution in [0.1, 0.15) is 31.5 Å². The Bertz CT molecular complexity index is 564. The second-order valence-electron chi connectivity index (χ2n) is 5.24. The molecule has 0 fully saturated rings. The molecule has 2 rings (SSSR count). The van der Waals surface area contributed by atoms with Crippen molar-refractivity contribution in [2.75, 3.05) is 13.1 Å². The Morgan fingerprint density at radius 3 is 2.79 bits per heavy atom. The van der Waals surface area contributed by atoms with Crippen LogP contribution in [0.2, 0.25) is 0 Å². The quantitative estimate of drug-likeness (QED) is 0.811. The van der Waals surface area contributed by atoms with Crippen LogP contribution in [-0.4, -0.2) is 23.2 Å². The van der Waals surface area contributed by atoms with E-state index >= 15 is 0 Å². The van der Waals surface area contributed by atoms with E-state index in [4.69, 9.17) is 0 Å². The van der Waals surface area contributed by atoms with Crippen molar-refractivity contribution in [1.29, 1.82) is 0 Å². The van der Waals surface area contributed by atoms with Crippen molar-refractivity contribution in [3.05, 3.63) is 41.6 Å².